The topological polar surface area (TPSA) is 43.1 Å². The Morgan fingerprint density at radius 2 is 1.78 bits per heavy atom. The summed E-state index contributed by atoms with van der Waals surface area (Å²) in [5.74, 6) is 0.820. The Labute approximate surface area is 166 Å². The minimum atomic E-state index is -4.41. The number of thioether (sulfide) groups is 1. The van der Waals surface area contributed by atoms with Crippen LogP contribution >= 0.6 is 35.0 Å². The lowest BCUT2D eigenvalue weighted by Gasteiger charge is -2.15. The van der Waals surface area contributed by atoms with Gasteiger partial charge >= 0.3 is 6.18 Å². The molecular weight excluding hydrogens is 420 g/mol. The van der Waals surface area contributed by atoms with Crippen LogP contribution < -0.4 is 0 Å². The monoisotopic (exact) mass is 428 g/mol. The summed E-state index contributed by atoms with van der Waals surface area (Å²) in [6.07, 6.45) is -4.41. The third-order valence-corrected chi connectivity index (χ3v) is 5.54. The predicted octanol–water partition coefficient (Wildman–Crippen LogP) is 5.63. The van der Waals surface area contributed by atoms with E-state index in [-0.39, 0.29) is 0 Å². The SMILES string of the molecule is FC(F)(F)c1cccc(C2=Nn3c(nnc3-c3ccc(Cl)c(Cl)c3)SC2)c1. The van der Waals surface area contributed by atoms with Gasteiger partial charge in [-0.05, 0) is 35.9 Å². The number of hydrogen-bond acceptors (Lipinski definition) is 4. The summed E-state index contributed by atoms with van der Waals surface area (Å²) in [6.45, 7) is 0. The second-order valence-electron chi connectivity index (χ2n) is 5.66. The highest BCUT2D eigenvalue weighted by molar-refractivity contribution is 7.99. The molecule has 2 aromatic carbocycles. The van der Waals surface area contributed by atoms with Crippen LogP contribution in [0, 0.1) is 0 Å². The van der Waals surface area contributed by atoms with Gasteiger partial charge in [-0.25, -0.2) is 0 Å². The van der Waals surface area contributed by atoms with Crippen molar-refractivity contribution in [1.82, 2.24) is 14.9 Å². The van der Waals surface area contributed by atoms with Crippen LogP contribution in [0.1, 0.15) is 11.1 Å². The molecule has 27 heavy (non-hydrogen) atoms. The van der Waals surface area contributed by atoms with Crippen LogP contribution in [0.25, 0.3) is 11.4 Å². The van der Waals surface area contributed by atoms with Crippen molar-refractivity contribution in [3.05, 3.63) is 63.6 Å². The molecule has 0 N–H and O–H groups in total. The van der Waals surface area contributed by atoms with E-state index in [0.717, 1.165) is 12.1 Å². The van der Waals surface area contributed by atoms with Crippen LogP contribution in [0.15, 0.2) is 52.7 Å². The molecule has 0 saturated heterocycles. The number of rotatable bonds is 2. The van der Waals surface area contributed by atoms with Crippen molar-refractivity contribution < 1.29 is 13.2 Å². The third-order valence-electron chi connectivity index (χ3n) is 3.87. The van der Waals surface area contributed by atoms with Gasteiger partial charge in [0.15, 0.2) is 5.82 Å². The maximum Gasteiger partial charge on any atom is 0.416 e. The lowest BCUT2D eigenvalue weighted by Crippen LogP contribution is -2.15. The van der Waals surface area contributed by atoms with Crippen LogP contribution in [0.2, 0.25) is 10.0 Å². The van der Waals surface area contributed by atoms with Gasteiger partial charge in [0.1, 0.15) is 0 Å². The van der Waals surface area contributed by atoms with Crippen molar-refractivity contribution in [3.8, 4) is 11.4 Å². The van der Waals surface area contributed by atoms with E-state index >= 15 is 0 Å². The average molecular weight is 429 g/mol. The van der Waals surface area contributed by atoms with Gasteiger partial charge in [-0.15, -0.1) is 10.2 Å². The van der Waals surface area contributed by atoms with E-state index in [1.807, 2.05) is 0 Å². The summed E-state index contributed by atoms with van der Waals surface area (Å²) in [5, 5.41) is 14.0. The van der Waals surface area contributed by atoms with E-state index in [2.05, 4.69) is 15.3 Å². The molecule has 3 aromatic rings. The smallest absolute Gasteiger partial charge is 0.187 e. The van der Waals surface area contributed by atoms with Crippen molar-refractivity contribution in [2.75, 3.05) is 5.75 Å². The van der Waals surface area contributed by atoms with Crippen LogP contribution in [0.3, 0.4) is 0 Å². The fourth-order valence-electron chi connectivity index (χ4n) is 2.56. The number of aromatic nitrogens is 3. The van der Waals surface area contributed by atoms with Crippen molar-refractivity contribution in [2.24, 2.45) is 5.10 Å². The second kappa shape index (κ2) is 6.85. The van der Waals surface area contributed by atoms with Gasteiger partial charge < -0.3 is 0 Å². The number of fused-ring (bicyclic) bond motifs is 1. The molecule has 1 aromatic heterocycles. The Hall–Kier alpha value is -2.03. The molecule has 0 radical (unpaired) electrons. The summed E-state index contributed by atoms with van der Waals surface area (Å²) < 4.78 is 40.5. The van der Waals surface area contributed by atoms with Crippen molar-refractivity contribution in [2.45, 2.75) is 11.3 Å². The fraction of sp³-hybridized carbons (Fsp3) is 0.118. The largest absolute Gasteiger partial charge is 0.416 e. The molecule has 4 rings (SSSR count). The third kappa shape index (κ3) is 3.56. The van der Waals surface area contributed by atoms with Gasteiger partial charge in [0.25, 0.3) is 0 Å². The van der Waals surface area contributed by atoms with E-state index in [0.29, 0.717) is 43.6 Å². The zero-order chi connectivity index (χ0) is 19.2. The van der Waals surface area contributed by atoms with Gasteiger partial charge in [-0.2, -0.15) is 22.9 Å². The van der Waals surface area contributed by atoms with E-state index < -0.39 is 11.7 Å². The summed E-state index contributed by atoms with van der Waals surface area (Å²) in [6, 6.07) is 10.1. The molecule has 0 aliphatic carbocycles. The molecule has 1 aliphatic heterocycles. The Morgan fingerprint density at radius 1 is 0.963 bits per heavy atom. The van der Waals surface area contributed by atoms with Gasteiger partial charge in [0.2, 0.25) is 5.16 Å². The highest BCUT2D eigenvalue weighted by Crippen LogP contribution is 2.33. The number of benzene rings is 2. The minimum Gasteiger partial charge on any atom is -0.187 e. The standard InChI is InChI=1S/C17H9Cl2F3N4S/c18-12-5-4-10(7-13(12)19)15-23-24-16-26(15)25-14(8-27-16)9-2-1-3-11(6-9)17(20,21)22/h1-7H,8H2. The molecule has 0 amide bonds. The Bertz CT molecular complexity index is 1060. The van der Waals surface area contributed by atoms with Crippen LogP contribution in [0.4, 0.5) is 13.2 Å². The van der Waals surface area contributed by atoms with E-state index in [9.17, 15) is 13.2 Å². The zero-order valence-electron chi connectivity index (χ0n) is 13.3. The molecule has 0 atom stereocenters. The number of hydrogen-bond donors (Lipinski definition) is 0. The van der Waals surface area contributed by atoms with Gasteiger partial charge in [0, 0.05) is 11.3 Å². The summed E-state index contributed by atoms with van der Waals surface area (Å²) in [4.78, 5) is 0. The zero-order valence-corrected chi connectivity index (χ0v) is 15.7. The molecule has 10 heteroatoms. The highest BCUT2D eigenvalue weighted by Gasteiger charge is 2.31. The fourth-order valence-corrected chi connectivity index (χ4v) is 3.70. The molecule has 0 unspecified atom stereocenters. The van der Waals surface area contributed by atoms with Crippen molar-refractivity contribution >= 4 is 40.7 Å². The molecule has 0 bridgehead atoms. The first-order chi connectivity index (χ1) is 12.8. The van der Waals surface area contributed by atoms with Crippen molar-refractivity contribution in [3.63, 3.8) is 0 Å². The Morgan fingerprint density at radius 3 is 2.52 bits per heavy atom. The summed E-state index contributed by atoms with van der Waals surface area (Å²) in [7, 11) is 0. The maximum absolute atomic E-state index is 13.0. The quantitative estimate of drug-likeness (QED) is 0.531. The second-order valence-corrected chi connectivity index (χ2v) is 7.42. The highest BCUT2D eigenvalue weighted by atomic mass is 35.5. The minimum absolute atomic E-state index is 0.358. The number of halogens is 5. The van der Waals surface area contributed by atoms with Gasteiger partial charge in [0.05, 0.1) is 21.3 Å². The lowest BCUT2D eigenvalue weighted by atomic mass is 10.1. The molecule has 138 valence electrons. The molecule has 1 aliphatic rings. The molecule has 0 spiro atoms. The molecule has 0 saturated carbocycles. The summed E-state index contributed by atoms with van der Waals surface area (Å²) >= 11 is 13.3. The van der Waals surface area contributed by atoms with E-state index in [1.54, 1.807) is 24.3 Å². The first-order valence-corrected chi connectivity index (χ1v) is 9.36. The predicted molar refractivity (Wildman–Crippen MR) is 99.6 cm³/mol. The lowest BCUT2D eigenvalue weighted by molar-refractivity contribution is -0.137. The van der Waals surface area contributed by atoms with Gasteiger partial charge in [-0.1, -0.05) is 47.1 Å². The molecular formula is C17H9Cl2F3N4S. The molecule has 4 nitrogen and oxygen atoms in total. The summed E-state index contributed by atoms with van der Waals surface area (Å²) in [5.41, 5.74) is 0.834. The Balaban J connectivity index is 1.77. The maximum atomic E-state index is 13.0. The van der Waals surface area contributed by atoms with Crippen molar-refractivity contribution in [1.29, 1.82) is 0 Å². The molecule has 2 heterocycles. The Kier molecular flexibility index (Phi) is 4.65. The normalized spacial score (nSPS) is 14.0. The molecule has 0 fully saturated rings. The van der Waals surface area contributed by atoms with Crippen LogP contribution in [0.5, 0.6) is 0 Å². The first-order valence-electron chi connectivity index (χ1n) is 7.62. The van der Waals surface area contributed by atoms with Crippen LogP contribution in [-0.2, 0) is 6.18 Å². The average Bonchev–Trinajstić information content (AvgIpc) is 3.06. The van der Waals surface area contributed by atoms with Crippen LogP contribution in [-0.4, -0.2) is 26.3 Å². The van der Waals surface area contributed by atoms with E-state index in [4.69, 9.17) is 23.2 Å². The number of alkyl halides is 3. The van der Waals surface area contributed by atoms with E-state index in [1.165, 1.54) is 22.5 Å². The number of nitrogens with zero attached hydrogens (tertiary/aromatic N) is 4. The first kappa shape index (κ1) is 18.3. The van der Waals surface area contributed by atoms with Gasteiger partial charge in [-0.3, -0.25) is 0 Å².